The lowest BCUT2D eigenvalue weighted by Crippen LogP contribution is -2.27. The van der Waals surface area contributed by atoms with Gasteiger partial charge in [-0.15, -0.1) is 0 Å². The highest BCUT2D eigenvalue weighted by Gasteiger charge is 1.94. The first-order valence-electron chi connectivity index (χ1n) is 8.52. The quantitative estimate of drug-likeness (QED) is 0.368. The molecule has 0 atom stereocenters. The van der Waals surface area contributed by atoms with E-state index in [-0.39, 0.29) is 0 Å². The molecule has 6 nitrogen and oxygen atoms in total. The number of ether oxygens (including phenoxy) is 4. The highest BCUT2D eigenvalue weighted by Crippen LogP contribution is 1.83. The van der Waals surface area contributed by atoms with Gasteiger partial charge in [-0.25, -0.2) is 0 Å². The van der Waals surface area contributed by atoms with Crippen LogP contribution in [0.15, 0.2) is 0 Å². The smallest absolute Gasteiger partial charge is 0.0701 e. The summed E-state index contributed by atoms with van der Waals surface area (Å²) in [4.78, 5) is 0. The molecule has 0 bridgehead atoms. The van der Waals surface area contributed by atoms with E-state index in [1.807, 2.05) is 0 Å². The van der Waals surface area contributed by atoms with Crippen LogP contribution >= 0.6 is 0 Å². The molecule has 0 aromatic heterocycles. The fraction of sp³-hybridized carbons (Fsp3) is 1.00. The number of rotatable bonds is 18. The van der Waals surface area contributed by atoms with Crippen molar-refractivity contribution in [2.24, 2.45) is 0 Å². The summed E-state index contributed by atoms with van der Waals surface area (Å²) >= 11 is 0. The summed E-state index contributed by atoms with van der Waals surface area (Å²) in [6, 6.07) is 0.508. The van der Waals surface area contributed by atoms with E-state index in [1.54, 1.807) is 0 Å². The molecule has 0 unspecified atom stereocenters. The van der Waals surface area contributed by atoms with Crippen LogP contribution in [0.5, 0.6) is 0 Å². The van der Waals surface area contributed by atoms with Crippen molar-refractivity contribution < 1.29 is 18.9 Å². The van der Waals surface area contributed by atoms with Gasteiger partial charge < -0.3 is 29.6 Å². The third kappa shape index (κ3) is 19.8. The maximum atomic E-state index is 5.43. The zero-order valence-corrected chi connectivity index (χ0v) is 14.7. The maximum Gasteiger partial charge on any atom is 0.0701 e. The summed E-state index contributed by atoms with van der Waals surface area (Å²) in [6.07, 6.45) is 1.16. The third-order valence-corrected chi connectivity index (χ3v) is 2.76. The van der Waals surface area contributed by atoms with E-state index in [9.17, 15) is 0 Å². The van der Waals surface area contributed by atoms with E-state index in [4.69, 9.17) is 18.9 Å². The summed E-state index contributed by atoms with van der Waals surface area (Å²) in [5, 5.41) is 6.58. The van der Waals surface area contributed by atoms with Crippen LogP contribution in [0.3, 0.4) is 0 Å². The van der Waals surface area contributed by atoms with Crippen molar-refractivity contribution >= 4 is 0 Å². The fourth-order valence-corrected chi connectivity index (χ4v) is 1.63. The highest BCUT2D eigenvalue weighted by atomic mass is 16.6. The Balaban J connectivity index is 2.94. The van der Waals surface area contributed by atoms with E-state index in [0.717, 1.165) is 39.3 Å². The van der Waals surface area contributed by atoms with E-state index in [2.05, 4.69) is 31.4 Å². The molecule has 0 spiro atoms. The van der Waals surface area contributed by atoms with Crippen molar-refractivity contribution in [1.82, 2.24) is 10.6 Å². The molecule has 0 saturated heterocycles. The minimum absolute atomic E-state index is 0.508. The highest BCUT2D eigenvalue weighted by molar-refractivity contribution is 4.50. The maximum absolute atomic E-state index is 5.43. The monoisotopic (exact) mass is 320 g/mol. The summed E-state index contributed by atoms with van der Waals surface area (Å²) in [5.41, 5.74) is 0. The normalized spacial score (nSPS) is 11.5. The molecular formula is C16H36N2O4. The molecule has 6 heteroatoms. The van der Waals surface area contributed by atoms with Crippen molar-refractivity contribution in [3.63, 3.8) is 0 Å². The molecule has 0 radical (unpaired) electrons. The third-order valence-electron chi connectivity index (χ3n) is 2.76. The van der Waals surface area contributed by atoms with Gasteiger partial charge in [-0.2, -0.15) is 0 Å². The molecule has 0 aromatic carbocycles. The van der Waals surface area contributed by atoms with E-state index in [1.165, 1.54) is 0 Å². The van der Waals surface area contributed by atoms with Gasteiger partial charge in [0.25, 0.3) is 0 Å². The Labute approximate surface area is 136 Å². The minimum Gasteiger partial charge on any atom is -0.378 e. The van der Waals surface area contributed by atoms with Gasteiger partial charge in [0.05, 0.1) is 52.9 Å². The number of hydrogen-bond donors (Lipinski definition) is 2. The Bertz CT molecular complexity index is 207. The van der Waals surface area contributed by atoms with Gasteiger partial charge in [0.1, 0.15) is 0 Å². The Morgan fingerprint density at radius 3 is 1.55 bits per heavy atom. The SMILES string of the molecule is CCCNCCOCCOCCOCCOCCNC(C)C. The lowest BCUT2D eigenvalue weighted by molar-refractivity contribution is -0.00117. The van der Waals surface area contributed by atoms with Crippen molar-refractivity contribution in [2.75, 3.05) is 72.5 Å². The molecule has 0 aliphatic heterocycles. The second kappa shape index (κ2) is 18.8. The van der Waals surface area contributed by atoms with Crippen LogP contribution in [-0.4, -0.2) is 78.5 Å². The predicted octanol–water partition coefficient (Wildman–Crippen LogP) is 1.05. The van der Waals surface area contributed by atoms with Crippen LogP contribution in [0.25, 0.3) is 0 Å². The van der Waals surface area contributed by atoms with Gasteiger partial charge in [0, 0.05) is 19.1 Å². The summed E-state index contributed by atoms with van der Waals surface area (Å²) in [5.74, 6) is 0. The first-order valence-corrected chi connectivity index (χ1v) is 8.52. The van der Waals surface area contributed by atoms with Crippen molar-refractivity contribution in [1.29, 1.82) is 0 Å². The Hall–Kier alpha value is -0.240. The number of hydrogen-bond acceptors (Lipinski definition) is 6. The summed E-state index contributed by atoms with van der Waals surface area (Å²) in [6.45, 7) is 14.4. The lowest BCUT2D eigenvalue weighted by atomic mass is 10.4. The van der Waals surface area contributed by atoms with Crippen molar-refractivity contribution in [3.8, 4) is 0 Å². The van der Waals surface area contributed by atoms with Crippen LogP contribution in [-0.2, 0) is 18.9 Å². The fourth-order valence-electron chi connectivity index (χ4n) is 1.63. The average Bonchev–Trinajstić information content (AvgIpc) is 2.50. The van der Waals surface area contributed by atoms with Crippen molar-refractivity contribution in [2.45, 2.75) is 33.2 Å². The molecule has 0 aromatic rings. The predicted molar refractivity (Wildman–Crippen MR) is 89.6 cm³/mol. The Morgan fingerprint density at radius 2 is 1.09 bits per heavy atom. The Morgan fingerprint density at radius 1 is 0.636 bits per heavy atom. The van der Waals surface area contributed by atoms with Crippen LogP contribution in [0, 0.1) is 0 Å². The molecule has 0 fully saturated rings. The van der Waals surface area contributed by atoms with Gasteiger partial charge >= 0.3 is 0 Å². The van der Waals surface area contributed by atoms with Gasteiger partial charge in [-0.05, 0) is 13.0 Å². The summed E-state index contributed by atoms with van der Waals surface area (Å²) in [7, 11) is 0. The second-order valence-electron chi connectivity index (χ2n) is 5.31. The van der Waals surface area contributed by atoms with E-state index in [0.29, 0.717) is 45.7 Å². The average molecular weight is 320 g/mol. The first kappa shape index (κ1) is 21.8. The topological polar surface area (TPSA) is 61.0 Å². The zero-order valence-electron chi connectivity index (χ0n) is 14.7. The molecule has 0 aliphatic rings. The molecule has 2 N–H and O–H groups in total. The number of nitrogens with one attached hydrogen (secondary N) is 2. The molecule has 0 saturated carbocycles. The molecule has 0 aliphatic carbocycles. The largest absolute Gasteiger partial charge is 0.378 e. The standard InChI is InChI=1S/C16H36N2O4/c1-4-5-17-6-8-19-10-12-21-14-15-22-13-11-20-9-7-18-16(2)3/h16-18H,4-15H2,1-3H3. The van der Waals surface area contributed by atoms with Gasteiger partial charge in [-0.3, -0.25) is 0 Å². The van der Waals surface area contributed by atoms with Gasteiger partial charge in [0.2, 0.25) is 0 Å². The molecule has 0 rings (SSSR count). The molecular weight excluding hydrogens is 284 g/mol. The Kier molecular flexibility index (Phi) is 18.6. The van der Waals surface area contributed by atoms with Crippen LogP contribution < -0.4 is 10.6 Å². The van der Waals surface area contributed by atoms with Gasteiger partial charge in [-0.1, -0.05) is 20.8 Å². The van der Waals surface area contributed by atoms with Crippen LogP contribution in [0.2, 0.25) is 0 Å². The van der Waals surface area contributed by atoms with Crippen LogP contribution in [0.4, 0.5) is 0 Å². The molecule has 0 heterocycles. The van der Waals surface area contributed by atoms with Crippen LogP contribution in [0.1, 0.15) is 27.2 Å². The summed E-state index contributed by atoms with van der Waals surface area (Å²) < 4.78 is 21.7. The second-order valence-corrected chi connectivity index (χ2v) is 5.31. The zero-order chi connectivity index (χ0) is 16.3. The van der Waals surface area contributed by atoms with E-state index < -0.39 is 0 Å². The van der Waals surface area contributed by atoms with Crippen molar-refractivity contribution in [3.05, 3.63) is 0 Å². The molecule has 0 amide bonds. The lowest BCUT2D eigenvalue weighted by Gasteiger charge is -2.09. The first-order chi connectivity index (χ1) is 10.8. The molecule has 134 valence electrons. The molecule has 22 heavy (non-hydrogen) atoms. The van der Waals surface area contributed by atoms with Gasteiger partial charge in [0.15, 0.2) is 0 Å². The van der Waals surface area contributed by atoms with E-state index >= 15 is 0 Å². The minimum atomic E-state index is 0.508.